The third-order valence-corrected chi connectivity index (χ3v) is 1.63. The Bertz CT molecular complexity index is 181. The van der Waals surface area contributed by atoms with Gasteiger partial charge in [0.2, 0.25) is 0 Å². The number of allylic oxidation sites excluding steroid dienone is 1. The van der Waals surface area contributed by atoms with Gasteiger partial charge in [0.15, 0.2) is 9.84 Å². The fourth-order valence-electron chi connectivity index (χ4n) is 0.306. The molecule has 0 aliphatic heterocycles. The van der Waals surface area contributed by atoms with Gasteiger partial charge >= 0.3 is 0 Å². The molecule has 0 atom stereocenters. The van der Waals surface area contributed by atoms with Crippen molar-refractivity contribution >= 4 is 21.4 Å². The van der Waals surface area contributed by atoms with E-state index in [1.54, 1.807) is 12.2 Å². The monoisotopic (exact) mass is 168 g/mol. The van der Waals surface area contributed by atoms with Gasteiger partial charge in [0.25, 0.3) is 0 Å². The van der Waals surface area contributed by atoms with E-state index in [4.69, 9.17) is 11.6 Å². The Morgan fingerprint density at radius 2 is 2.00 bits per heavy atom. The summed E-state index contributed by atoms with van der Waals surface area (Å²) in [6, 6.07) is 0. The number of sulfone groups is 1. The number of alkyl halides is 1. The zero-order valence-electron chi connectivity index (χ0n) is 5.17. The molecule has 0 bridgehead atoms. The maximum absolute atomic E-state index is 10.4. The predicted molar refractivity (Wildman–Crippen MR) is 39.6 cm³/mol. The summed E-state index contributed by atoms with van der Waals surface area (Å²) in [5.41, 5.74) is 0. The third kappa shape index (κ3) is 7.98. The molecule has 0 spiro atoms. The highest BCUT2D eigenvalue weighted by atomic mass is 35.5. The zero-order valence-corrected chi connectivity index (χ0v) is 6.74. The Labute approximate surface area is 60.4 Å². The van der Waals surface area contributed by atoms with Gasteiger partial charge in [-0.2, -0.15) is 0 Å². The van der Waals surface area contributed by atoms with Crippen molar-refractivity contribution in [3.8, 4) is 0 Å². The second-order valence-electron chi connectivity index (χ2n) is 1.72. The van der Waals surface area contributed by atoms with E-state index in [0.717, 1.165) is 0 Å². The minimum absolute atomic E-state index is 0.0831. The number of rotatable bonds is 3. The highest BCUT2D eigenvalue weighted by molar-refractivity contribution is 7.90. The molecule has 0 radical (unpaired) electrons. The fraction of sp³-hybridized carbons (Fsp3) is 0.600. The molecule has 9 heavy (non-hydrogen) atoms. The molecule has 0 amide bonds. The molecule has 0 saturated carbocycles. The van der Waals surface area contributed by atoms with Crippen LogP contribution >= 0.6 is 11.6 Å². The number of hydrogen-bond acceptors (Lipinski definition) is 2. The number of hydrogen-bond donors (Lipinski definition) is 0. The van der Waals surface area contributed by atoms with Gasteiger partial charge in [-0.05, 0) is 0 Å². The van der Waals surface area contributed by atoms with E-state index < -0.39 is 9.84 Å². The second-order valence-corrected chi connectivity index (χ2v) is 4.21. The van der Waals surface area contributed by atoms with Crippen LogP contribution in [-0.4, -0.2) is 26.3 Å². The van der Waals surface area contributed by atoms with Crippen molar-refractivity contribution in [1.29, 1.82) is 0 Å². The summed E-state index contributed by atoms with van der Waals surface area (Å²) in [6.45, 7) is 0. The highest BCUT2D eigenvalue weighted by Gasteiger charge is 1.94. The lowest BCUT2D eigenvalue weighted by Crippen LogP contribution is -1.98. The normalized spacial score (nSPS) is 12.7. The lowest BCUT2D eigenvalue weighted by molar-refractivity contribution is 0.604. The van der Waals surface area contributed by atoms with Crippen LogP contribution in [0.3, 0.4) is 0 Å². The Balaban J connectivity index is 3.65. The lowest BCUT2D eigenvalue weighted by Gasteiger charge is -1.86. The fourth-order valence-corrected chi connectivity index (χ4v) is 0.917. The molecule has 0 unspecified atom stereocenters. The quantitative estimate of drug-likeness (QED) is 0.462. The van der Waals surface area contributed by atoms with Crippen LogP contribution in [0.2, 0.25) is 0 Å². The van der Waals surface area contributed by atoms with E-state index in [0.29, 0.717) is 5.88 Å². The first kappa shape index (κ1) is 8.98. The van der Waals surface area contributed by atoms with Crippen LogP contribution in [0.25, 0.3) is 0 Å². The maximum atomic E-state index is 10.4. The van der Waals surface area contributed by atoms with Crippen LogP contribution in [0.5, 0.6) is 0 Å². The van der Waals surface area contributed by atoms with Crippen molar-refractivity contribution < 1.29 is 8.42 Å². The van der Waals surface area contributed by atoms with Gasteiger partial charge in [-0.3, -0.25) is 0 Å². The molecule has 0 rings (SSSR count). The van der Waals surface area contributed by atoms with E-state index in [9.17, 15) is 8.42 Å². The van der Waals surface area contributed by atoms with E-state index in [-0.39, 0.29) is 5.75 Å². The molecular formula is C5H9ClO2S. The smallest absolute Gasteiger partial charge is 0.150 e. The summed E-state index contributed by atoms with van der Waals surface area (Å²) in [5.74, 6) is 0.454. The Kier molecular flexibility index (Phi) is 3.89. The van der Waals surface area contributed by atoms with Gasteiger partial charge < -0.3 is 0 Å². The van der Waals surface area contributed by atoms with Gasteiger partial charge in [0.1, 0.15) is 0 Å². The van der Waals surface area contributed by atoms with Gasteiger partial charge in [0.05, 0.1) is 5.75 Å². The first-order valence-electron chi connectivity index (χ1n) is 2.45. The van der Waals surface area contributed by atoms with Crippen molar-refractivity contribution in [3.05, 3.63) is 12.2 Å². The molecule has 0 saturated heterocycles. The Morgan fingerprint density at radius 3 is 2.33 bits per heavy atom. The minimum Gasteiger partial charge on any atom is -0.229 e. The predicted octanol–water partition coefficient (Wildman–Crippen LogP) is 0.826. The molecule has 0 fully saturated rings. The molecule has 0 aromatic heterocycles. The third-order valence-electron chi connectivity index (χ3n) is 0.655. The summed E-state index contributed by atoms with van der Waals surface area (Å²) < 4.78 is 20.8. The molecule has 0 N–H and O–H groups in total. The molecule has 4 heteroatoms. The van der Waals surface area contributed by atoms with E-state index >= 15 is 0 Å². The molecule has 54 valence electrons. The topological polar surface area (TPSA) is 34.1 Å². The van der Waals surface area contributed by atoms with E-state index in [2.05, 4.69) is 0 Å². The Hall–Kier alpha value is -0.0200. The van der Waals surface area contributed by atoms with Crippen molar-refractivity contribution in [2.45, 2.75) is 0 Å². The molecule has 0 aliphatic carbocycles. The van der Waals surface area contributed by atoms with E-state index in [1.807, 2.05) is 0 Å². The summed E-state index contributed by atoms with van der Waals surface area (Å²) in [5, 5.41) is 0. The highest BCUT2D eigenvalue weighted by Crippen LogP contribution is 1.84. The van der Waals surface area contributed by atoms with Crippen LogP contribution in [-0.2, 0) is 9.84 Å². The van der Waals surface area contributed by atoms with Crippen LogP contribution < -0.4 is 0 Å². The van der Waals surface area contributed by atoms with Crippen molar-refractivity contribution in [3.63, 3.8) is 0 Å². The molecular weight excluding hydrogens is 160 g/mol. The van der Waals surface area contributed by atoms with Gasteiger partial charge in [-0.1, -0.05) is 12.2 Å². The van der Waals surface area contributed by atoms with Crippen LogP contribution in [0, 0.1) is 0 Å². The summed E-state index contributed by atoms with van der Waals surface area (Å²) in [7, 11) is -2.84. The average Bonchev–Trinajstić information content (AvgIpc) is 1.63. The first-order chi connectivity index (χ1) is 4.06. The summed E-state index contributed by atoms with van der Waals surface area (Å²) in [4.78, 5) is 0. The van der Waals surface area contributed by atoms with Gasteiger partial charge in [0, 0.05) is 12.1 Å². The first-order valence-corrected chi connectivity index (χ1v) is 5.04. The molecule has 0 aliphatic rings. The van der Waals surface area contributed by atoms with Crippen molar-refractivity contribution in [2.75, 3.05) is 17.9 Å². The van der Waals surface area contributed by atoms with Crippen LogP contribution in [0.15, 0.2) is 12.2 Å². The molecule has 2 nitrogen and oxygen atoms in total. The molecule has 0 heterocycles. The van der Waals surface area contributed by atoms with E-state index in [1.165, 1.54) is 6.26 Å². The SMILES string of the molecule is CS(=O)(=O)C/C=C/CCl. The minimum atomic E-state index is -2.84. The summed E-state index contributed by atoms with van der Waals surface area (Å²) in [6.07, 6.45) is 4.34. The Morgan fingerprint density at radius 1 is 1.44 bits per heavy atom. The zero-order chi connectivity index (χ0) is 7.33. The van der Waals surface area contributed by atoms with Crippen molar-refractivity contribution in [1.82, 2.24) is 0 Å². The maximum Gasteiger partial charge on any atom is 0.150 e. The second kappa shape index (κ2) is 3.90. The average molecular weight is 169 g/mol. The van der Waals surface area contributed by atoms with Crippen molar-refractivity contribution in [2.24, 2.45) is 0 Å². The largest absolute Gasteiger partial charge is 0.229 e. The standard InChI is InChI=1S/C5H9ClO2S/c1-9(7,8)5-3-2-4-6/h2-3H,4-5H2,1H3/b3-2+. The van der Waals surface area contributed by atoms with Crippen LogP contribution in [0.4, 0.5) is 0 Å². The van der Waals surface area contributed by atoms with Crippen LogP contribution in [0.1, 0.15) is 0 Å². The van der Waals surface area contributed by atoms with Gasteiger partial charge in [-0.15, -0.1) is 11.6 Å². The molecule has 0 aromatic carbocycles. The van der Waals surface area contributed by atoms with Gasteiger partial charge in [-0.25, -0.2) is 8.42 Å². The summed E-state index contributed by atoms with van der Waals surface area (Å²) >= 11 is 5.25. The molecule has 0 aromatic rings. The number of halogens is 1. The lowest BCUT2D eigenvalue weighted by atomic mass is 10.6.